The standard InChI is InChI=1S/C17H21FN2O3/c1-10-5-12(16(21)22)9-20(8-10)17(23)19-15-7-14(15)11-3-2-4-13(18)6-11/h2-4,6,10,12,14-15H,5,7-9H2,1H3,(H,19,23)(H,21,22). The number of carboxylic acid groups (broad SMARTS) is 1. The van der Waals surface area contributed by atoms with Crippen molar-refractivity contribution in [2.24, 2.45) is 11.8 Å². The summed E-state index contributed by atoms with van der Waals surface area (Å²) in [5, 5.41) is 12.1. The zero-order valence-electron chi connectivity index (χ0n) is 13.0. The van der Waals surface area contributed by atoms with Crippen LogP contribution in [0.4, 0.5) is 9.18 Å². The van der Waals surface area contributed by atoms with Crippen LogP contribution >= 0.6 is 0 Å². The molecule has 5 nitrogen and oxygen atoms in total. The number of halogens is 1. The van der Waals surface area contributed by atoms with Crippen molar-refractivity contribution in [3.63, 3.8) is 0 Å². The smallest absolute Gasteiger partial charge is 0.317 e. The topological polar surface area (TPSA) is 69.6 Å². The van der Waals surface area contributed by atoms with Gasteiger partial charge in [0.05, 0.1) is 5.92 Å². The van der Waals surface area contributed by atoms with E-state index in [1.54, 1.807) is 11.0 Å². The summed E-state index contributed by atoms with van der Waals surface area (Å²) in [4.78, 5) is 25.1. The van der Waals surface area contributed by atoms with E-state index >= 15 is 0 Å². The van der Waals surface area contributed by atoms with Crippen molar-refractivity contribution in [2.45, 2.75) is 31.7 Å². The van der Waals surface area contributed by atoms with Gasteiger partial charge in [-0.2, -0.15) is 0 Å². The third-order valence-corrected chi connectivity index (χ3v) is 4.67. The van der Waals surface area contributed by atoms with Crippen LogP contribution in [0.3, 0.4) is 0 Å². The minimum Gasteiger partial charge on any atom is -0.481 e. The highest BCUT2D eigenvalue weighted by Gasteiger charge is 2.41. The van der Waals surface area contributed by atoms with Gasteiger partial charge < -0.3 is 15.3 Å². The predicted molar refractivity (Wildman–Crippen MR) is 82.6 cm³/mol. The Kier molecular flexibility index (Phi) is 4.24. The van der Waals surface area contributed by atoms with Gasteiger partial charge in [-0.15, -0.1) is 0 Å². The van der Waals surface area contributed by atoms with Gasteiger partial charge in [-0.1, -0.05) is 19.1 Å². The first-order valence-electron chi connectivity index (χ1n) is 7.97. The summed E-state index contributed by atoms with van der Waals surface area (Å²) < 4.78 is 13.2. The molecule has 1 saturated carbocycles. The average molecular weight is 320 g/mol. The number of piperidine rings is 1. The van der Waals surface area contributed by atoms with E-state index in [9.17, 15) is 19.1 Å². The summed E-state index contributed by atoms with van der Waals surface area (Å²) in [6.45, 7) is 2.79. The number of benzene rings is 1. The van der Waals surface area contributed by atoms with Gasteiger partial charge in [0, 0.05) is 25.0 Å². The molecule has 1 heterocycles. The van der Waals surface area contributed by atoms with Gasteiger partial charge in [-0.05, 0) is 36.5 Å². The number of rotatable bonds is 3. The molecule has 1 aliphatic heterocycles. The van der Waals surface area contributed by atoms with Crippen LogP contribution < -0.4 is 5.32 Å². The van der Waals surface area contributed by atoms with E-state index in [0.717, 1.165) is 12.0 Å². The molecule has 1 aliphatic carbocycles. The van der Waals surface area contributed by atoms with E-state index in [1.807, 2.05) is 13.0 Å². The van der Waals surface area contributed by atoms with Crippen molar-refractivity contribution in [1.82, 2.24) is 10.2 Å². The number of hydrogen-bond acceptors (Lipinski definition) is 2. The Morgan fingerprint density at radius 3 is 2.78 bits per heavy atom. The van der Waals surface area contributed by atoms with Crippen LogP contribution in [0.2, 0.25) is 0 Å². The van der Waals surface area contributed by atoms with E-state index in [1.165, 1.54) is 12.1 Å². The Bertz CT molecular complexity index is 622. The fourth-order valence-electron chi connectivity index (χ4n) is 3.41. The maximum Gasteiger partial charge on any atom is 0.317 e. The lowest BCUT2D eigenvalue weighted by atomic mass is 9.91. The highest BCUT2D eigenvalue weighted by Crippen LogP contribution is 2.41. The molecule has 2 fully saturated rings. The molecule has 0 bridgehead atoms. The minimum atomic E-state index is -0.849. The van der Waals surface area contributed by atoms with Gasteiger partial charge in [-0.25, -0.2) is 9.18 Å². The average Bonchev–Trinajstić information content (AvgIpc) is 3.25. The molecule has 2 amide bonds. The lowest BCUT2D eigenvalue weighted by Gasteiger charge is -2.34. The maximum absolute atomic E-state index is 13.2. The molecule has 0 radical (unpaired) electrons. The summed E-state index contributed by atoms with van der Waals surface area (Å²) in [7, 11) is 0. The van der Waals surface area contributed by atoms with Gasteiger partial charge in [0.2, 0.25) is 0 Å². The first kappa shape index (κ1) is 15.8. The first-order chi connectivity index (χ1) is 10.9. The second-order valence-electron chi connectivity index (χ2n) is 6.73. The molecule has 2 aliphatic rings. The SMILES string of the molecule is CC1CC(C(=O)O)CN(C(=O)NC2CC2c2cccc(F)c2)C1. The predicted octanol–water partition coefficient (Wildman–Crippen LogP) is 2.43. The molecule has 2 N–H and O–H groups in total. The fraction of sp³-hybridized carbons (Fsp3) is 0.529. The van der Waals surface area contributed by atoms with E-state index in [0.29, 0.717) is 13.0 Å². The molecule has 1 aromatic carbocycles. The van der Waals surface area contributed by atoms with Crippen molar-refractivity contribution < 1.29 is 19.1 Å². The molecule has 4 unspecified atom stereocenters. The van der Waals surface area contributed by atoms with Crippen LogP contribution in [-0.4, -0.2) is 41.1 Å². The monoisotopic (exact) mass is 320 g/mol. The van der Waals surface area contributed by atoms with Crippen LogP contribution in [0, 0.1) is 17.7 Å². The third kappa shape index (κ3) is 3.63. The fourth-order valence-corrected chi connectivity index (χ4v) is 3.41. The zero-order chi connectivity index (χ0) is 16.6. The number of urea groups is 1. The lowest BCUT2D eigenvalue weighted by molar-refractivity contribution is -0.143. The minimum absolute atomic E-state index is 0.00445. The Morgan fingerprint density at radius 2 is 2.09 bits per heavy atom. The Balaban J connectivity index is 1.57. The number of aliphatic carboxylic acids is 1. The second-order valence-corrected chi connectivity index (χ2v) is 6.73. The second kappa shape index (κ2) is 6.18. The quantitative estimate of drug-likeness (QED) is 0.899. The molecule has 3 rings (SSSR count). The van der Waals surface area contributed by atoms with Crippen molar-refractivity contribution >= 4 is 12.0 Å². The Morgan fingerprint density at radius 1 is 1.30 bits per heavy atom. The maximum atomic E-state index is 13.2. The van der Waals surface area contributed by atoms with E-state index < -0.39 is 11.9 Å². The molecule has 4 atom stereocenters. The summed E-state index contributed by atoms with van der Waals surface area (Å²) in [6.07, 6.45) is 1.40. The van der Waals surface area contributed by atoms with Gasteiger partial charge in [-0.3, -0.25) is 4.79 Å². The van der Waals surface area contributed by atoms with Gasteiger partial charge in [0.25, 0.3) is 0 Å². The molecular formula is C17H21FN2O3. The molecular weight excluding hydrogens is 299 g/mol. The zero-order valence-corrected chi connectivity index (χ0v) is 13.0. The Labute approximate surface area is 134 Å². The number of carboxylic acids is 1. The van der Waals surface area contributed by atoms with Crippen LogP contribution in [0.1, 0.15) is 31.2 Å². The molecule has 0 aromatic heterocycles. The van der Waals surface area contributed by atoms with Crippen LogP contribution in [0.25, 0.3) is 0 Å². The van der Waals surface area contributed by atoms with Gasteiger partial charge >= 0.3 is 12.0 Å². The first-order valence-corrected chi connectivity index (χ1v) is 7.97. The number of hydrogen-bond donors (Lipinski definition) is 2. The summed E-state index contributed by atoms with van der Waals surface area (Å²) in [5.41, 5.74) is 0.894. The van der Waals surface area contributed by atoms with Gasteiger partial charge in [0.1, 0.15) is 5.82 Å². The molecule has 1 saturated heterocycles. The van der Waals surface area contributed by atoms with E-state index in [2.05, 4.69) is 5.32 Å². The number of amides is 2. The van der Waals surface area contributed by atoms with Crippen LogP contribution in [0.5, 0.6) is 0 Å². The molecule has 124 valence electrons. The van der Waals surface area contributed by atoms with Crippen molar-refractivity contribution in [3.05, 3.63) is 35.6 Å². The number of carbonyl (C=O) groups is 2. The van der Waals surface area contributed by atoms with Crippen LogP contribution in [0.15, 0.2) is 24.3 Å². The van der Waals surface area contributed by atoms with Crippen molar-refractivity contribution in [3.8, 4) is 0 Å². The van der Waals surface area contributed by atoms with Crippen molar-refractivity contribution in [2.75, 3.05) is 13.1 Å². The number of nitrogens with one attached hydrogen (secondary N) is 1. The molecule has 6 heteroatoms. The van der Waals surface area contributed by atoms with Gasteiger partial charge in [0.15, 0.2) is 0 Å². The Hall–Kier alpha value is -2.11. The van der Waals surface area contributed by atoms with E-state index in [-0.39, 0.29) is 36.3 Å². The number of carbonyl (C=O) groups excluding carboxylic acids is 1. The van der Waals surface area contributed by atoms with Crippen LogP contribution in [-0.2, 0) is 4.79 Å². The molecule has 1 aromatic rings. The summed E-state index contributed by atoms with van der Waals surface area (Å²) in [5.74, 6) is -1.30. The molecule has 0 spiro atoms. The number of likely N-dealkylation sites (tertiary alicyclic amines) is 1. The summed E-state index contributed by atoms with van der Waals surface area (Å²) >= 11 is 0. The normalized spacial score (nSPS) is 29.9. The largest absolute Gasteiger partial charge is 0.481 e. The highest BCUT2D eigenvalue weighted by atomic mass is 19.1. The highest BCUT2D eigenvalue weighted by molar-refractivity contribution is 5.77. The molecule has 23 heavy (non-hydrogen) atoms. The van der Waals surface area contributed by atoms with Crippen molar-refractivity contribution in [1.29, 1.82) is 0 Å². The van der Waals surface area contributed by atoms with E-state index in [4.69, 9.17) is 0 Å². The number of nitrogens with zero attached hydrogens (tertiary/aromatic N) is 1. The third-order valence-electron chi connectivity index (χ3n) is 4.67. The summed E-state index contributed by atoms with van der Waals surface area (Å²) in [6, 6.07) is 6.23. The lowest BCUT2D eigenvalue weighted by Crippen LogP contribution is -2.50.